The number of nitrogens with one attached hydrogen (secondary N) is 2. The molecule has 1 heterocycles. The van der Waals surface area contributed by atoms with Crippen LogP contribution in [-0.4, -0.2) is 18.8 Å². The number of hydrogen-bond donors (Lipinski definition) is 3. The van der Waals surface area contributed by atoms with Gasteiger partial charge in [0.1, 0.15) is 0 Å². The third kappa shape index (κ3) is 2.20. The summed E-state index contributed by atoms with van der Waals surface area (Å²) in [4.78, 5) is 0. The number of nitrogens with two attached hydrogens (primary N) is 1. The van der Waals surface area contributed by atoms with Gasteiger partial charge in [0.25, 0.3) is 0 Å². The molecule has 1 atom stereocenters. The third-order valence-corrected chi connectivity index (χ3v) is 3.38. The van der Waals surface area contributed by atoms with E-state index in [4.69, 9.17) is 22.7 Å². The molecule has 86 valence electrons. The van der Waals surface area contributed by atoms with Crippen molar-refractivity contribution in [3.05, 3.63) is 28.8 Å². The quantitative estimate of drug-likeness (QED) is 0.546. The van der Waals surface area contributed by atoms with Crippen molar-refractivity contribution in [2.75, 3.05) is 18.8 Å². The van der Waals surface area contributed by atoms with Gasteiger partial charge in [-0.25, -0.2) is 0 Å². The van der Waals surface area contributed by atoms with Gasteiger partial charge in [0.2, 0.25) is 0 Å². The fourth-order valence-electron chi connectivity index (χ4n) is 2.09. The topological polar surface area (TPSA) is 61.9 Å². The van der Waals surface area contributed by atoms with E-state index in [0.717, 1.165) is 31.5 Å². The van der Waals surface area contributed by atoms with Crippen molar-refractivity contribution < 1.29 is 0 Å². The largest absolute Gasteiger partial charge is 0.397 e. The lowest BCUT2D eigenvalue weighted by molar-refractivity contribution is 0.457. The average molecular weight is 238 g/mol. The highest BCUT2D eigenvalue weighted by molar-refractivity contribution is 6.34. The predicted molar refractivity (Wildman–Crippen MR) is 68.3 cm³/mol. The van der Waals surface area contributed by atoms with Crippen molar-refractivity contribution in [2.24, 2.45) is 5.92 Å². The van der Waals surface area contributed by atoms with Crippen LogP contribution in [0.15, 0.2) is 18.2 Å². The van der Waals surface area contributed by atoms with E-state index < -0.39 is 0 Å². The van der Waals surface area contributed by atoms with Crippen LogP contribution in [0.3, 0.4) is 0 Å². The van der Waals surface area contributed by atoms with Crippen LogP contribution in [0.25, 0.3) is 0 Å². The molecule has 0 saturated carbocycles. The highest BCUT2D eigenvalue weighted by atomic mass is 35.5. The van der Waals surface area contributed by atoms with E-state index in [2.05, 4.69) is 5.32 Å². The Morgan fingerprint density at radius 3 is 3.00 bits per heavy atom. The van der Waals surface area contributed by atoms with Gasteiger partial charge in [-0.05, 0) is 25.5 Å². The molecule has 1 fully saturated rings. The van der Waals surface area contributed by atoms with Gasteiger partial charge in [-0.3, -0.25) is 0 Å². The molecule has 3 nitrogen and oxygen atoms in total. The molecule has 1 aliphatic rings. The lowest BCUT2D eigenvalue weighted by Gasteiger charge is -2.24. The van der Waals surface area contributed by atoms with Crippen LogP contribution in [0.4, 0.5) is 5.69 Å². The Hall–Kier alpha value is -1.06. The number of para-hydroxylation sites is 1. The number of rotatable bonds is 2. The zero-order valence-electron chi connectivity index (χ0n) is 9.09. The summed E-state index contributed by atoms with van der Waals surface area (Å²) in [6, 6.07) is 5.48. The average Bonchev–Trinajstić information content (AvgIpc) is 2.33. The molecule has 0 bridgehead atoms. The van der Waals surface area contributed by atoms with Gasteiger partial charge < -0.3 is 16.5 Å². The first kappa shape index (κ1) is 11.4. The first-order valence-electron chi connectivity index (χ1n) is 5.53. The Morgan fingerprint density at radius 1 is 1.50 bits per heavy atom. The summed E-state index contributed by atoms with van der Waals surface area (Å²) in [5.41, 5.74) is 7.81. The van der Waals surface area contributed by atoms with Crippen LogP contribution in [0.2, 0.25) is 5.02 Å². The maximum atomic E-state index is 8.18. The van der Waals surface area contributed by atoms with Crippen LogP contribution in [0.5, 0.6) is 0 Å². The lowest BCUT2D eigenvalue weighted by Crippen LogP contribution is -2.34. The van der Waals surface area contributed by atoms with E-state index in [-0.39, 0.29) is 5.92 Å². The molecule has 4 heteroatoms. The Labute approximate surface area is 100 Å². The number of halogens is 1. The molecule has 4 N–H and O–H groups in total. The molecule has 1 saturated heterocycles. The van der Waals surface area contributed by atoms with Gasteiger partial charge in [0.05, 0.1) is 10.7 Å². The summed E-state index contributed by atoms with van der Waals surface area (Å²) in [6.07, 6.45) is 2.17. The van der Waals surface area contributed by atoms with Crippen molar-refractivity contribution in [1.29, 1.82) is 5.41 Å². The first-order chi connectivity index (χ1) is 7.70. The normalized spacial score (nSPS) is 20.7. The van der Waals surface area contributed by atoms with E-state index in [1.54, 1.807) is 6.07 Å². The molecule has 1 aliphatic heterocycles. The van der Waals surface area contributed by atoms with Crippen molar-refractivity contribution in [1.82, 2.24) is 5.32 Å². The maximum Gasteiger partial charge on any atom is 0.0642 e. The minimum Gasteiger partial charge on any atom is -0.397 e. The van der Waals surface area contributed by atoms with Crippen molar-refractivity contribution >= 4 is 23.0 Å². The SMILES string of the molecule is N=C(c1cccc(Cl)c1N)C1CCCNC1. The molecular weight excluding hydrogens is 222 g/mol. The standard InChI is InChI=1S/C12H16ClN3/c13-10-5-1-4-9(12(10)15)11(14)8-3-2-6-16-7-8/h1,4-5,8,14,16H,2-3,6-7,15H2. The van der Waals surface area contributed by atoms with E-state index in [0.29, 0.717) is 16.4 Å². The van der Waals surface area contributed by atoms with Gasteiger partial charge in [-0.15, -0.1) is 0 Å². The Balaban J connectivity index is 2.22. The van der Waals surface area contributed by atoms with Crippen molar-refractivity contribution in [2.45, 2.75) is 12.8 Å². The number of piperidine rings is 1. The molecule has 0 amide bonds. The van der Waals surface area contributed by atoms with E-state index >= 15 is 0 Å². The van der Waals surface area contributed by atoms with Crippen LogP contribution >= 0.6 is 11.6 Å². The van der Waals surface area contributed by atoms with Crippen molar-refractivity contribution in [3.8, 4) is 0 Å². The summed E-state index contributed by atoms with van der Waals surface area (Å²) in [7, 11) is 0. The van der Waals surface area contributed by atoms with Crippen LogP contribution in [-0.2, 0) is 0 Å². The summed E-state index contributed by atoms with van der Waals surface area (Å²) < 4.78 is 0. The van der Waals surface area contributed by atoms with Gasteiger partial charge in [-0.2, -0.15) is 0 Å². The molecular formula is C12H16ClN3. The van der Waals surface area contributed by atoms with E-state index in [1.165, 1.54) is 0 Å². The van der Waals surface area contributed by atoms with Gasteiger partial charge >= 0.3 is 0 Å². The zero-order chi connectivity index (χ0) is 11.5. The molecule has 0 aliphatic carbocycles. The summed E-state index contributed by atoms with van der Waals surface area (Å²) >= 11 is 5.96. The fraction of sp³-hybridized carbons (Fsp3) is 0.417. The molecule has 1 aromatic carbocycles. The second kappa shape index (κ2) is 4.85. The molecule has 0 radical (unpaired) electrons. The smallest absolute Gasteiger partial charge is 0.0642 e. The summed E-state index contributed by atoms with van der Waals surface area (Å²) in [6.45, 7) is 1.92. The van der Waals surface area contributed by atoms with Gasteiger partial charge in [0.15, 0.2) is 0 Å². The second-order valence-electron chi connectivity index (χ2n) is 4.16. The summed E-state index contributed by atoms with van der Waals surface area (Å²) in [5, 5.41) is 12.0. The molecule has 1 aromatic rings. The van der Waals surface area contributed by atoms with Crippen molar-refractivity contribution in [3.63, 3.8) is 0 Å². The zero-order valence-corrected chi connectivity index (χ0v) is 9.85. The Bertz CT molecular complexity index is 397. The monoisotopic (exact) mass is 237 g/mol. The molecule has 0 aromatic heterocycles. The Kier molecular flexibility index (Phi) is 3.46. The molecule has 2 rings (SSSR count). The maximum absolute atomic E-state index is 8.18. The number of benzene rings is 1. The predicted octanol–water partition coefficient (Wildman–Crippen LogP) is 2.29. The summed E-state index contributed by atoms with van der Waals surface area (Å²) in [5.74, 6) is 0.259. The van der Waals surface area contributed by atoms with Crippen LogP contribution in [0, 0.1) is 11.3 Å². The van der Waals surface area contributed by atoms with Crippen LogP contribution in [0.1, 0.15) is 18.4 Å². The number of nitrogen functional groups attached to an aromatic ring is 1. The molecule has 16 heavy (non-hydrogen) atoms. The number of hydrogen-bond acceptors (Lipinski definition) is 3. The van der Waals surface area contributed by atoms with Gasteiger partial charge in [-0.1, -0.05) is 23.7 Å². The number of anilines is 1. The lowest BCUT2D eigenvalue weighted by atomic mass is 9.89. The fourth-order valence-corrected chi connectivity index (χ4v) is 2.26. The van der Waals surface area contributed by atoms with E-state index in [1.807, 2.05) is 12.1 Å². The molecule has 1 unspecified atom stereocenters. The Morgan fingerprint density at radius 2 is 2.31 bits per heavy atom. The van der Waals surface area contributed by atoms with E-state index in [9.17, 15) is 0 Å². The highest BCUT2D eigenvalue weighted by Gasteiger charge is 2.20. The first-order valence-corrected chi connectivity index (χ1v) is 5.91. The second-order valence-corrected chi connectivity index (χ2v) is 4.57. The third-order valence-electron chi connectivity index (χ3n) is 3.05. The van der Waals surface area contributed by atoms with Gasteiger partial charge in [0, 0.05) is 23.7 Å². The molecule has 0 spiro atoms. The minimum atomic E-state index is 0.259. The minimum absolute atomic E-state index is 0.259. The van der Waals surface area contributed by atoms with Crippen LogP contribution < -0.4 is 11.1 Å². The highest BCUT2D eigenvalue weighted by Crippen LogP contribution is 2.26.